The zero-order valence-corrected chi connectivity index (χ0v) is 14.4. The van der Waals surface area contributed by atoms with E-state index in [2.05, 4.69) is 17.2 Å². The van der Waals surface area contributed by atoms with Crippen molar-refractivity contribution in [2.45, 2.75) is 6.92 Å². The Morgan fingerprint density at radius 1 is 0.960 bits per heavy atom. The lowest BCUT2D eigenvalue weighted by Gasteiger charge is -2.07. The Balaban J connectivity index is 1.98. The Kier molecular flexibility index (Phi) is 6.19. The lowest BCUT2D eigenvalue weighted by molar-refractivity contribution is 0.0957. The van der Waals surface area contributed by atoms with Crippen molar-refractivity contribution in [1.29, 1.82) is 0 Å². The summed E-state index contributed by atoms with van der Waals surface area (Å²) in [6, 6.07) is 12.0. The first-order valence-electron chi connectivity index (χ1n) is 7.64. The minimum Gasteiger partial charge on any atom is -0.497 e. The van der Waals surface area contributed by atoms with Gasteiger partial charge in [-0.05, 0) is 31.2 Å². The largest absolute Gasteiger partial charge is 0.497 e. The van der Waals surface area contributed by atoms with Crippen molar-refractivity contribution < 1.29 is 19.1 Å². The Labute approximate surface area is 147 Å². The zero-order chi connectivity index (χ0) is 18.2. The second-order valence-corrected chi connectivity index (χ2v) is 5.22. The van der Waals surface area contributed by atoms with Gasteiger partial charge in [-0.3, -0.25) is 9.59 Å². The summed E-state index contributed by atoms with van der Waals surface area (Å²) in [6.07, 6.45) is 0. The predicted octanol–water partition coefficient (Wildman–Crippen LogP) is 2.69. The van der Waals surface area contributed by atoms with Gasteiger partial charge in [0.1, 0.15) is 11.5 Å². The summed E-state index contributed by atoms with van der Waals surface area (Å²) in [7, 11) is 3.05. The number of hydrogen-bond acceptors (Lipinski definition) is 4. The molecule has 0 aliphatic rings. The van der Waals surface area contributed by atoms with Gasteiger partial charge in [-0.2, -0.15) is 0 Å². The molecule has 0 unspecified atom stereocenters. The van der Waals surface area contributed by atoms with Crippen LogP contribution in [0, 0.1) is 11.8 Å². The Morgan fingerprint density at radius 3 is 2.08 bits per heavy atom. The number of carbonyl (C=O) groups excluding carboxylic acids is 2. The predicted molar refractivity (Wildman–Crippen MR) is 95.2 cm³/mol. The second kappa shape index (κ2) is 8.55. The molecule has 0 saturated heterocycles. The van der Waals surface area contributed by atoms with Gasteiger partial charge in [0.2, 0.25) is 0 Å². The number of Topliss-reactive ketones (excluding diaryl/α,β-unsaturated/α-hetero) is 1. The molecule has 1 N–H and O–H groups in total. The van der Waals surface area contributed by atoms with E-state index in [1.54, 1.807) is 42.5 Å². The molecular formula is C20H19NO4. The van der Waals surface area contributed by atoms with Crippen LogP contribution in [0.3, 0.4) is 0 Å². The summed E-state index contributed by atoms with van der Waals surface area (Å²) in [5.41, 5.74) is 1.86. The number of ether oxygens (including phenoxy) is 2. The van der Waals surface area contributed by atoms with E-state index in [0.29, 0.717) is 22.6 Å². The van der Waals surface area contributed by atoms with Crippen molar-refractivity contribution in [2.24, 2.45) is 0 Å². The second-order valence-electron chi connectivity index (χ2n) is 5.22. The average Bonchev–Trinajstić information content (AvgIpc) is 2.64. The van der Waals surface area contributed by atoms with Gasteiger partial charge < -0.3 is 14.8 Å². The summed E-state index contributed by atoms with van der Waals surface area (Å²) < 4.78 is 10.3. The SMILES string of the molecule is COc1cc(OC)cc(C(=O)NCC#Cc2ccc(C(C)=O)cc2)c1. The Morgan fingerprint density at radius 2 is 1.56 bits per heavy atom. The molecule has 25 heavy (non-hydrogen) atoms. The fourth-order valence-electron chi connectivity index (χ4n) is 2.10. The van der Waals surface area contributed by atoms with E-state index in [9.17, 15) is 9.59 Å². The first-order chi connectivity index (χ1) is 12.0. The van der Waals surface area contributed by atoms with Gasteiger partial charge in [0.15, 0.2) is 5.78 Å². The monoisotopic (exact) mass is 337 g/mol. The van der Waals surface area contributed by atoms with Crippen LogP contribution in [0.5, 0.6) is 11.5 Å². The van der Waals surface area contributed by atoms with E-state index in [1.807, 2.05) is 0 Å². The number of benzene rings is 2. The third kappa shape index (κ3) is 5.11. The van der Waals surface area contributed by atoms with Crippen LogP contribution in [-0.4, -0.2) is 32.5 Å². The molecule has 0 aliphatic heterocycles. The lowest BCUT2D eigenvalue weighted by atomic mass is 10.1. The van der Waals surface area contributed by atoms with Crippen LogP contribution in [0.15, 0.2) is 42.5 Å². The molecule has 0 atom stereocenters. The van der Waals surface area contributed by atoms with Crippen molar-refractivity contribution >= 4 is 11.7 Å². The first-order valence-corrected chi connectivity index (χ1v) is 7.64. The average molecular weight is 337 g/mol. The molecule has 1 amide bonds. The molecule has 2 rings (SSSR count). The molecule has 2 aromatic carbocycles. The molecule has 2 aromatic rings. The van der Waals surface area contributed by atoms with Crippen LogP contribution in [0.25, 0.3) is 0 Å². The molecule has 0 heterocycles. The van der Waals surface area contributed by atoms with Crippen LogP contribution in [0.1, 0.15) is 33.2 Å². The molecule has 0 spiro atoms. The molecule has 0 fully saturated rings. The van der Waals surface area contributed by atoms with E-state index < -0.39 is 0 Å². The van der Waals surface area contributed by atoms with E-state index in [4.69, 9.17) is 9.47 Å². The van der Waals surface area contributed by atoms with Gasteiger partial charge in [-0.25, -0.2) is 0 Å². The van der Waals surface area contributed by atoms with Gasteiger partial charge in [-0.15, -0.1) is 0 Å². The fraction of sp³-hybridized carbons (Fsp3) is 0.200. The number of ketones is 1. The maximum atomic E-state index is 12.2. The highest BCUT2D eigenvalue weighted by molar-refractivity contribution is 5.95. The van der Waals surface area contributed by atoms with Crippen LogP contribution < -0.4 is 14.8 Å². The summed E-state index contributed by atoms with van der Waals surface area (Å²) in [5.74, 6) is 6.65. The Hall–Kier alpha value is -3.26. The summed E-state index contributed by atoms with van der Waals surface area (Å²) in [6.45, 7) is 1.72. The van der Waals surface area contributed by atoms with E-state index in [-0.39, 0.29) is 18.2 Å². The number of amides is 1. The minimum atomic E-state index is -0.265. The van der Waals surface area contributed by atoms with Crippen molar-refractivity contribution in [3.8, 4) is 23.3 Å². The van der Waals surface area contributed by atoms with Gasteiger partial charge in [0.05, 0.1) is 20.8 Å². The highest BCUT2D eigenvalue weighted by Gasteiger charge is 2.08. The molecule has 5 heteroatoms. The number of rotatable bonds is 5. The third-order valence-corrected chi connectivity index (χ3v) is 3.48. The third-order valence-electron chi connectivity index (χ3n) is 3.48. The van der Waals surface area contributed by atoms with Gasteiger partial charge in [-0.1, -0.05) is 24.0 Å². The van der Waals surface area contributed by atoms with Crippen molar-refractivity contribution in [3.05, 3.63) is 59.2 Å². The van der Waals surface area contributed by atoms with E-state index in [0.717, 1.165) is 5.56 Å². The van der Waals surface area contributed by atoms with Crippen molar-refractivity contribution in [3.63, 3.8) is 0 Å². The number of carbonyl (C=O) groups is 2. The molecular weight excluding hydrogens is 318 g/mol. The highest BCUT2D eigenvalue weighted by Crippen LogP contribution is 2.22. The fourth-order valence-corrected chi connectivity index (χ4v) is 2.10. The van der Waals surface area contributed by atoms with Gasteiger partial charge in [0.25, 0.3) is 5.91 Å². The lowest BCUT2D eigenvalue weighted by Crippen LogP contribution is -2.23. The summed E-state index contributed by atoms with van der Waals surface area (Å²) >= 11 is 0. The maximum absolute atomic E-state index is 12.2. The smallest absolute Gasteiger partial charge is 0.252 e. The normalized spacial score (nSPS) is 9.56. The molecule has 0 bridgehead atoms. The number of hydrogen-bond donors (Lipinski definition) is 1. The molecule has 0 aromatic heterocycles. The van der Waals surface area contributed by atoms with E-state index in [1.165, 1.54) is 21.1 Å². The Bertz CT molecular complexity index is 807. The van der Waals surface area contributed by atoms with E-state index >= 15 is 0 Å². The van der Waals surface area contributed by atoms with Gasteiger partial charge >= 0.3 is 0 Å². The first kappa shape index (κ1) is 18.1. The molecule has 5 nitrogen and oxygen atoms in total. The number of methoxy groups -OCH3 is 2. The van der Waals surface area contributed by atoms with Crippen LogP contribution >= 0.6 is 0 Å². The molecule has 0 radical (unpaired) electrons. The molecule has 0 aliphatic carbocycles. The zero-order valence-electron chi connectivity index (χ0n) is 14.4. The van der Waals surface area contributed by atoms with Crippen LogP contribution in [0.2, 0.25) is 0 Å². The molecule has 0 saturated carbocycles. The van der Waals surface area contributed by atoms with Crippen molar-refractivity contribution in [2.75, 3.05) is 20.8 Å². The topological polar surface area (TPSA) is 64.6 Å². The van der Waals surface area contributed by atoms with Crippen molar-refractivity contribution in [1.82, 2.24) is 5.32 Å². The quantitative estimate of drug-likeness (QED) is 0.673. The highest BCUT2D eigenvalue weighted by atomic mass is 16.5. The standard InChI is InChI=1S/C20H19NO4/c1-14(22)16-8-6-15(7-9-16)5-4-10-21-20(23)17-11-18(24-2)13-19(12-17)25-3/h6-9,11-13H,10H2,1-3H3,(H,21,23). The summed E-state index contributed by atoms with van der Waals surface area (Å²) in [5, 5.41) is 2.72. The molecule has 128 valence electrons. The van der Waals surface area contributed by atoms with Gasteiger partial charge in [0, 0.05) is 22.8 Å². The van der Waals surface area contributed by atoms with Crippen LogP contribution in [0.4, 0.5) is 0 Å². The minimum absolute atomic E-state index is 0.0143. The maximum Gasteiger partial charge on any atom is 0.252 e. The summed E-state index contributed by atoms with van der Waals surface area (Å²) in [4.78, 5) is 23.4. The van der Waals surface area contributed by atoms with Crippen LogP contribution in [-0.2, 0) is 0 Å². The number of nitrogens with one attached hydrogen (secondary N) is 1.